The molecule has 1 amide bonds. The summed E-state index contributed by atoms with van der Waals surface area (Å²) in [5.41, 5.74) is 1.10. The predicted molar refractivity (Wildman–Crippen MR) is 113 cm³/mol. The first-order valence-electron chi connectivity index (χ1n) is 9.85. The minimum Gasteiger partial charge on any atom is -0.488 e. The summed E-state index contributed by atoms with van der Waals surface area (Å²) >= 11 is 0. The summed E-state index contributed by atoms with van der Waals surface area (Å²) in [6.07, 6.45) is -2.81. The van der Waals surface area contributed by atoms with E-state index in [1.165, 1.54) is 12.1 Å². The number of aromatic nitrogens is 1. The van der Waals surface area contributed by atoms with Crippen LogP contribution in [-0.2, 0) is 6.18 Å². The van der Waals surface area contributed by atoms with E-state index in [2.05, 4.69) is 10.3 Å². The number of benzene rings is 2. The van der Waals surface area contributed by atoms with Crippen LogP contribution in [0.15, 0.2) is 60.8 Å². The maximum Gasteiger partial charge on any atom is 0.416 e. The Balaban J connectivity index is 1.67. The maximum atomic E-state index is 12.9. The molecule has 0 spiro atoms. The van der Waals surface area contributed by atoms with Gasteiger partial charge in [0.15, 0.2) is 5.75 Å². The second-order valence-electron chi connectivity index (χ2n) is 7.34. The minimum absolute atomic E-state index is 0.129. The second kappa shape index (κ2) is 8.51. The van der Waals surface area contributed by atoms with E-state index >= 15 is 0 Å². The van der Waals surface area contributed by atoms with Crippen LogP contribution in [-0.4, -0.2) is 35.3 Å². The lowest BCUT2D eigenvalue weighted by Gasteiger charge is -2.38. The van der Waals surface area contributed by atoms with Gasteiger partial charge in [-0.05, 0) is 55.0 Å². The standard InChI is InChI=1S/C23H20F3N3O3/c1-14-4-3-11-27-21(14)29-17(12-30)13-32-20-18(5-2-6-19(20)29)22(31)28-16-9-7-15(8-10-16)23(24,25)26/h2-11,17,30H,12-13H2,1H3,(H,28,31). The zero-order valence-electron chi connectivity index (χ0n) is 17.1. The fourth-order valence-electron chi connectivity index (χ4n) is 3.59. The van der Waals surface area contributed by atoms with Gasteiger partial charge in [0.25, 0.3) is 5.91 Å². The van der Waals surface area contributed by atoms with E-state index < -0.39 is 23.7 Å². The highest BCUT2D eigenvalue weighted by Gasteiger charge is 2.33. The molecule has 0 bridgehead atoms. The van der Waals surface area contributed by atoms with Crippen LogP contribution < -0.4 is 15.0 Å². The number of aliphatic hydroxyl groups excluding tert-OH is 1. The molecule has 1 aliphatic rings. The number of aryl methyl sites for hydroxylation is 1. The van der Waals surface area contributed by atoms with Gasteiger partial charge < -0.3 is 20.1 Å². The Morgan fingerprint density at radius 1 is 1.19 bits per heavy atom. The lowest BCUT2D eigenvalue weighted by Crippen LogP contribution is -2.43. The van der Waals surface area contributed by atoms with Crippen LogP contribution in [0.4, 0.5) is 30.4 Å². The summed E-state index contributed by atoms with van der Waals surface area (Å²) in [7, 11) is 0. The number of nitrogens with one attached hydrogen (secondary N) is 1. The van der Waals surface area contributed by atoms with E-state index in [1.54, 1.807) is 24.4 Å². The van der Waals surface area contributed by atoms with E-state index in [1.807, 2.05) is 24.0 Å². The molecule has 32 heavy (non-hydrogen) atoms. The zero-order chi connectivity index (χ0) is 22.9. The number of fused-ring (bicyclic) bond motifs is 1. The van der Waals surface area contributed by atoms with Crippen molar-refractivity contribution in [2.45, 2.75) is 19.1 Å². The first-order chi connectivity index (χ1) is 15.3. The average molecular weight is 443 g/mol. The van der Waals surface area contributed by atoms with Gasteiger partial charge in [0.1, 0.15) is 12.4 Å². The van der Waals surface area contributed by atoms with Gasteiger partial charge in [0.05, 0.1) is 29.5 Å². The fraction of sp³-hybridized carbons (Fsp3) is 0.217. The van der Waals surface area contributed by atoms with E-state index in [9.17, 15) is 23.1 Å². The largest absolute Gasteiger partial charge is 0.488 e. The molecule has 0 radical (unpaired) electrons. The number of rotatable bonds is 4. The van der Waals surface area contributed by atoms with E-state index in [0.717, 1.165) is 17.7 Å². The van der Waals surface area contributed by atoms with Crippen molar-refractivity contribution in [3.8, 4) is 5.75 Å². The van der Waals surface area contributed by atoms with E-state index in [4.69, 9.17) is 4.74 Å². The summed E-state index contributed by atoms with van der Waals surface area (Å²) < 4.78 is 44.1. The number of anilines is 3. The Morgan fingerprint density at radius 3 is 2.59 bits per heavy atom. The summed E-state index contributed by atoms with van der Waals surface area (Å²) in [5, 5.41) is 12.5. The smallest absolute Gasteiger partial charge is 0.416 e. The highest BCUT2D eigenvalue weighted by atomic mass is 19.4. The van der Waals surface area contributed by atoms with Crippen LogP contribution in [0.2, 0.25) is 0 Å². The highest BCUT2D eigenvalue weighted by Crippen LogP contribution is 2.41. The van der Waals surface area contributed by atoms with Crippen molar-refractivity contribution in [1.29, 1.82) is 0 Å². The molecule has 0 fully saturated rings. The number of ether oxygens (including phenoxy) is 1. The summed E-state index contributed by atoms with van der Waals surface area (Å²) in [4.78, 5) is 19.2. The molecule has 1 atom stereocenters. The van der Waals surface area contributed by atoms with Crippen molar-refractivity contribution in [3.05, 3.63) is 77.5 Å². The lowest BCUT2D eigenvalue weighted by atomic mass is 10.1. The molecular formula is C23H20F3N3O3. The molecular weight excluding hydrogens is 423 g/mol. The number of aliphatic hydroxyl groups is 1. The van der Waals surface area contributed by atoms with Crippen LogP contribution >= 0.6 is 0 Å². The zero-order valence-corrected chi connectivity index (χ0v) is 17.1. The fourth-order valence-corrected chi connectivity index (χ4v) is 3.59. The van der Waals surface area contributed by atoms with Crippen LogP contribution in [0.3, 0.4) is 0 Å². The second-order valence-corrected chi connectivity index (χ2v) is 7.34. The molecule has 1 aliphatic heterocycles. The molecule has 1 unspecified atom stereocenters. The third kappa shape index (κ3) is 4.11. The first-order valence-corrected chi connectivity index (χ1v) is 9.85. The van der Waals surface area contributed by atoms with Crippen molar-refractivity contribution >= 4 is 23.1 Å². The van der Waals surface area contributed by atoms with Gasteiger partial charge in [-0.2, -0.15) is 13.2 Å². The van der Waals surface area contributed by atoms with E-state index in [0.29, 0.717) is 17.3 Å². The SMILES string of the molecule is Cc1cccnc1N1c2cccc(C(=O)Nc3ccc(C(F)(F)F)cc3)c2OCC1CO. The number of halogens is 3. The molecule has 6 nitrogen and oxygen atoms in total. The third-order valence-corrected chi connectivity index (χ3v) is 5.17. The van der Waals surface area contributed by atoms with Crippen molar-refractivity contribution in [1.82, 2.24) is 4.98 Å². The van der Waals surface area contributed by atoms with Gasteiger partial charge in [-0.3, -0.25) is 4.79 Å². The third-order valence-electron chi connectivity index (χ3n) is 5.17. The summed E-state index contributed by atoms with van der Waals surface area (Å²) in [6.45, 7) is 1.84. The topological polar surface area (TPSA) is 74.7 Å². The van der Waals surface area contributed by atoms with Crippen molar-refractivity contribution in [2.75, 3.05) is 23.4 Å². The number of carbonyl (C=O) groups excluding carboxylic acids is 1. The quantitative estimate of drug-likeness (QED) is 0.619. The van der Waals surface area contributed by atoms with Crippen molar-refractivity contribution in [2.24, 2.45) is 0 Å². The van der Waals surface area contributed by atoms with Gasteiger partial charge >= 0.3 is 6.18 Å². The molecule has 4 rings (SSSR count). The van der Waals surface area contributed by atoms with Crippen LogP contribution in [0, 0.1) is 6.92 Å². The normalized spacial score (nSPS) is 15.7. The number of pyridine rings is 1. The number of alkyl halides is 3. The molecule has 1 aromatic heterocycles. The maximum absolute atomic E-state index is 12.9. The predicted octanol–water partition coefficient (Wildman–Crippen LogP) is 4.55. The van der Waals surface area contributed by atoms with Gasteiger partial charge in [0.2, 0.25) is 0 Å². The molecule has 0 saturated heterocycles. The Labute approximate surface area is 182 Å². The van der Waals surface area contributed by atoms with Crippen molar-refractivity contribution < 1.29 is 27.8 Å². The Kier molecular flexibility index (Phi) is 5.75. The summed E-state index contributed by atoms with van der Waals surface area (Å²) in [5.74, 6) is 0.421. The van der Waals surface area contributed by atoms with Gasteiger partial charge in [-0.1, -0.05) is 12.1 Å². The van der Waals surface area contributed by atoms with Crippen LogP contribution in [0.1, 0.15) is 21.5 Å². The Bertz CT molecular complexity index is 1130. The number of carbonyl (C=O) groups is 1. The van der Waals surface area contributed by atoms with Crippen LogP contribution in [0.5, 0.6) is 5.75 Å². The molecule has 2 aromatic carbocycles. The number of amides is 1. The number of para-hydroxylation sites is 1. The molecule has 0 aliphatic carbocycles. The highest BCUT2D eigenvalue weighted by molar-refractivity contribution is 6.07. The van der Waals surface area contributed by atoms with E-state index in [-0.39, 0.29) is 24.5 Å². The van der Waals surface area contributed by atoms with Gasteiger partial charge in [0, 0.05) is 11.9 Å². The monoisotopic (exact) mass is 443 g/mol. The number of hydrogen-bond acceptors (Lipinski definition) is 5. The van der Waals surface area contributed by atoms with Gasteiger partial charge in [-0.25, -0.2) is 4.98 Å². The molecule has 3 aromatic rings. The minimum atomic E-state index is -4.45. The Morgan fingerprint density at radius 2 is 1.94 bits per heavy atom. The Hall–Kier alpha value is -3.59. The molecule has 0 saturated carbocycles. The summed E-state index contributed by atoms with van der Waals surface area (Å²) in [6, 6.07) is 12.5. The average Bonchev–Trinajstić information content (AvgIpc) is 2.78. The lowest BCUT2D eigenvalue weighted by molar-refractivity contribution is -0.137. The molecule has 9 heteroatoms. The van der Waals surface area contributed by atoms with Crippen molar-refractivity contribution in [3.63, 3.8) is 0 Å². The number of hydrogen-bond donors (Lipinski definition) is 2. The molecule has 166 valence electrons. The van der Waals surface area contributed by atoms with Crippen LogP contribution in [0.25, 0.3) is 0 Å². The number of nitrogens with zero attached hydrogens (tertiary/aromatic N) is 2. The van der Waals surface area contributed by atoms with Gasteiger partial charge in [-0.15, -0.1) is 0 Å². The molecule has 2 heterocycles. The first kappa shape index (κ1) is 21.6. The molecule has 2 N–H and O–H groups in total.